The third-order valence-corrected chi connectivity index (χ3v) is 4.55. The van der Waals surface area contributed by atoms with Crippen LogP contribution in [-0.2, 0) is 4.74 Å². The average Bonchev–Trinajstić information content (AvgIpc) is 3.49. The number of nitrogens with zero attached hydrogens (tertiary/aromatic N) is 1. The summed E-state index contributed by atoms with van der Waals surface area (Å²) in [6, 6.07) is 4.89. The molecule has 0 amide bonds. The first-order valence-electron chi connectivity index (χ1n) is 10.6. The van der Waals surface area contributed by atoms with Gasteiger partial charge < -0.3 is 25.2 Å². The lowest BCUT2D eigenvalue weighted by atomic mass is 10.1. The first-order chi connectivity index (χ1) is 13.9. The summed E-state index contributed by atoms with van der Waals surface area (Å²) in [5.74, 6) is 1.53. The summed E-state index contributed by atoms with van der Waals surface area (Å²) in [6.07, 6.45) is 1.68. The molecule has 1 aliphatic carbocycles. The minimum Gasteiger partial charge on any atom is -0.490 e. The molecular weight excluding hydrogens is 500 g/mol. The van der Waals surface area contributed by atoms with Crippen molar-refractivity contribution in [1.29, 1.82) is 0 Å². The van der Waals surface area contributed by atoms with Gasteiger partial charge in [-0.25, -0.2) is 4.39 Å². The fourth-order valence-electron chi connectivity index (χ4n) is 2.69. The SMILES string of the molecule is CCNC(=NCC(O)COCC(C)C)NC(C)c1ccc(OCC2CC2)c(F)c1.I. The molecular formula is C22H37FIN3O3. The maximum atomic E-state index is 14.4. The maximum absolute atomic E-state index is 14.4. The van der Waals surface area contributed by atoms with Gasteiger partial charge in [0, 0.05) is 13.2 Å². The Morgan fingerprint density at radius 1 is 1.27 bits per heavy atom. The van der Waals surface area contributed by atoms with Crippen LogP contribution in [-0.4, -0.2) is 50.1 Å². The summed E-state index contributed by atoms with van der Waals surface area (Å²) in [5.41, 5.74) is 0.799. The van der Waals surface area contributed by atoms with Crippen LogP contribution in [0.5, 0.6) is 5.75 Å². The summed E-state index contributed by atoms with van der Waals surface area (Å²) in [5, 5.41) is 16.4. The molecule has 6 nitrogen and oxygen atoms in total. The van der Waals surface area contributed by atoms with Gasteiger partial charge >= 0.3 is 0 Å². The molecule has 1 saturated carbocycles. The summed E-state index contributed by atoms with van der Waals surface area (Å²) in [4.78, 5) is 4.42. The monoisotopic (exact) mass is 537 g/mol. The zero-order valence-electron chi connectivity index (χ0n) is 18.5. The van der Waals surface area contributed by atoms with Crippen molar-refractivity contribution in [3.05, 3.63) is 29.6 Å². The van der Waals surface area contributed by atoms with Gasteiger partial charge in [0.05, 0.1) is 31.9 Å². The van der Waals surface area contributed by atoms with Crippen molar-refractivity contribution in [3.8, 4) is 5.75 Å². The molecule has 0 heterocycles. The van der Waals surface area contributed by atoms with Gasteiger partial charge in [0.1, 0.15) is 0 Å². The van der Waals surface area contributed by atoms with E-state index in [-0.39, 0.29) is 49.0 Å². The van der Waals surface area contributed by atoms with E-state index < -0.39 is 6.10 Å². The second-order valence-corrected chi connectivity index (χ2v) is 8.12. The van der Waals surface area contributed by atoms with Crippen LogP contribution in [0.3, 0.4) is 0 Å². The van der Waals surface area contributed by atoms with Crippen LogP contribution in [0.4, 0.5) is 4.39 Å². The number of benzene rings is 1. The summed E-state index contributed by atoms with van der Waals surface area (Å²) < 4.78 is 25.4. The molecule has 2 atom stereocenters. The molecule has 0 radical (unpaired) electrons. The van der Waals surface area contributed by atoms with Crippen LogP contribution in [0.25, 0.3) is 0 Å². The number of guanidine groups is 1. The van der Waals surface area contributed by atoms with Crippen molar-refractivity contribution < 1.29 is 19.0 Å². The molecule has 0 bridgehead atoms. The molecule has 30 heavy (non-hydrogen) atoms. The smallest absolute Gasteiger partial charge is 0.191 e. The Hall–Kier alpha value is -1.13. The summed E-state index contributed by atoms with van der Waals surface area (Å²) in [6.45, 7) is 10.4. The van der Waals surface area contributed by atoms with Gasteiger partial charge in [-0.3, -0.25) is 4.99 Å². The third kappa shape index (κ3) is 10.3. The van der Waals surface area contributed by atoms with Crippen LogP contribution in [0.1, 0.15) is 52.1 Å². The van der Waals surface area contributed by atoms with Crippen LogP contribution in [0.2, 0.25) is 0 Å². The van der Waals surface area contributed by atoms with Gasteiger partial charge in [-0.05, 0) is 56.2 Å². The van der Waals surface area contributed by atoms with E-state index in [9.17, 15) is 9.50 Å². The highest BCUT2D eigenvalue weighted by Crippen LogP contribution is 2.30. The largest absolute Gasteiger partial charge is 0.490 e. The number of rotatable bonds is 12. The van der Waals surface area contributed by atoms with Crippen LogP contribution < -0.4 is 15.4 Å². The lowest BCUT2D eigenvalue weighted by Gasteiger charge is -2.19. The number of nitrogens with one attached hydrogen (secondary N) is 2. The van der Waals surface area contributed by atoms with Crippen LogP contribution in [0.15, 0.2) is 23.2 Å². The molecule has 0 aromatic heterocycles. The molecule has 1 aliphatic rings. The fraction of sp³-hybridized carbons (Fsp3) is 0.682. The highest BCUT2D eigenvalue weighted by atomic mass is 127. The van der Waals surface area contributed by atoms with E-state index >= 15 is 0 Å². The number of aliphatic imine (C=N–C) groups is 1. The number of ether oxygens (including phenoxy) is 2. The molecule has 2 rings (SSSR count). The van der Waals surface area contributed by atoms with E-state index in [0.717, 1.165) is 5.56 Å². The average molecular weight is 537 g/mol. The topological polar surface area (TPSA) is 75.1 Å². The Balaban J connectivity index is 0.00000450. The van der Waals surface area contributed by atoms with Gasteiger partial charge in [-0.2, -0.15) is 0 Å². The van der Waals surface area contributed by atoms with Crippen LogP contribution in [0, 0.1) is 17.7 Å². The molecule has 1 fully saturated rings. The number of aliphatic hydroxyl groups excluding tert-OH is 1. The Bertz CT molecular complexity index is 657. The van der Waals surface area contributed by atoms with Crippen molar-refractivity contribution in [2.75, 3.05) is 32.9 Å². The Labute approximate surface area is 197 Å². The highest BCUT2D eigenvalue weighted by molar-refractivity contribution is 14.0. The van der Waals surface area contributed by atoms with Gasteiger partial charge in [0.25, 0.3) is 0 Å². The normalized spacial score (nSPS) is 16.0. The van der Waals surface area contributed by atoms with E-state index in [4.69, 9.17) is 9.47 Å². The van der Waals surface area contributed by atoms with E-state index in [0.29, 0.717) is 43.3 Å². The van der Waals surface area contributed by atoms with E-state index in [2.05, 4.69) is 29.5 Å². The van der Waals surface area contributed by atoms with Crippen molar-refractivity contribution in [2.45, 2.75) is 52.7 Å². The van der Waals surface area contributed by atoms with Gasteiger partial charge in [-0.15, -0.1) is 24.0 Å². The fourth-order valence-corrected chi connectivity index (χ4v) is 2.69. The molecule has 0 aliphatic heterocycles. The molecule has 2 unspecified atom stereocenters. The molecule has 0 spiro atoms. The second-order valence-electron chi connectivity index (χ2n) is 8.12. The molecule has 172 valence electrons. The molecule has 8 heteroatoms. The maximum Gasteiger partial charge on any atom is 0.191 e. The number of aliphatic hydroxyl groups is 1. The molecule has 3 N–H and O–H groups in total. The number of hydrogen-bond acceptors (Lipinski definition) is 4. The van der Waals surface area contributed by atoms with E-state index in [1.54, 1.807) is 6.07 Å². The Kier molecular flexibility index (Phi) is 12.6. The lowest BCUT2D eigenvalue weighted by molar-refractivity contribution is 0.0301. The minimum absolute atomic E-state index is 0. The number of halogens is 2. The van der Waals surface area contributed by atoms with Crippen molar-refractivity contribution in [2.24, 2.45) is 16.8 Å². The number of hydrogen-bond donors (Lipinski definition) is 3. The minimum atomic E-state index is -0.667. The van der Waals surface area contributed by atoms with Gasteiger partial charge in [-0.1, -0.05) is 19.9 Å². The first kappa shape index (κ1) is 26.9. The third-order valence-electron chi connectivity index (χ3n) is 4.55. The lowest BCUT2D eigenvalue weighted by Crippen LogP contribution is -2.39. The molecule has 1 aromatic rings. The van der Waals surface area contributed by atoms with Crippen LogP contribution >= 0.6 is 24.0 Å². The molecule has 1 aromatic carbocycles. The quantitative estimate of drug-likeness (QED) is 0.215. The van der Waals surface area contributed by atoms with E-state index in [1.165, 1.54) is 18.9 Å². The summed E-state index contributed by atoms with van der Waals surface area (Å²) >= 11 is 0. The summed E-state index contributed by atoms with van der Waals surface area (Å²) in [7, 11) is 0. The van der Waals surface area contributed by atoms with E-state index in [1.807, 2.05) is 19.9 Å². The van der Waals surface area contributed by atoms with Gasteiger partial charge in [0.2, 0.25) is 0 Å². The predicted octanol–water partition coefficient (Wildman–Crippen LogP) is 3.88. The Morgan fingerprint density at radius 2 is 2.00 bits per heavy atom. The van der Waals surface area contributed by atoms with Crippen molar-refractivity contribution >= 4 is 29.9 Å². The van der Waals surface area contributed by atoms with Crippen molar-refractivity contribution in [3.63, 3.8) is 0 Å². The molecule has 0 saturated heterocycles. The predicted molar refractivity (Wildman–Crippen MR) is 129 cm³/mol. The zero-order chi connectivity index (χ0) is 21.2. The Morgan fingerprint density at radius 3 is 2.60 bits per heavy atom. The van der Waals surface area contributed by atoms with Crippen molar-refractivity contribution in [1.82, 2.24) is 10.6 Å². The zero-order valence-corrected chi connectivity index (χ0v) is 20.8. The second kappa shape index (κ2) is 14.0. The highest BCUT2D eigenvalue weighted by Gasteiger charge is 2.22. The van der Waals surface area contributed by atoms with Gasteiger partial charge in [0.15, 0.2) is 17.5 Å². The first-order valence-corrected chi connectivity index (χ1v) is 10.6. The standard InChI is InChI=1S/C22H36FN3O3.HI/c1-5-24-22(25-11-19(27)14-28-12-15(2)3)26-16(4)18-8-9-21(20(23)10-18)29-13-17-6-7-17;/h8-10,15-17,19,27H,5-7,11-14H2,1-4H3,(H2,24,25,26);1H.